The molecule has 8 heteroatoms. The molecule has 1 aromatic heterocycles. The van der Waals surface area contributed by atoms with E-state index < -0.39 is 11.9 Å². The van der Waals surface area contributed by atoms with E-state index in [1.165, 1.54) is 24.5 Å². The molecule has 116 valence electrons. The number of aromatic nitrogens is 1. The average molecular weight is 385 g/mol. The Morgan fingerprint density at radius 3 is 2.82 bits per heavy atom. The Kier molecular flexibility index (Phi) is 5.51. The molecule has 0 atom stereocenters. The van der Waals surface area contributed by atoms with E-state index in [2.05, 4.69) is 26.2 Å². The number of amides is 1. The molecule has 0 aliphatic heterocycles. The Morgan fingerprint density at radius 2 is 2.18 bits per heavy atom. The maximum Gasteiger partial charge on any atom is 0.339 e. The predicted octanol–water partition coefficient (Wildman–Crippen LogP) is 3.02. The minimum atomic E-state index is -0.615. The second kappa shape index (κ2) is 7.37. The quantitative estimate of drug-likeness (QED) is 0.801. The van der Waals surface area contributed by atoms with Crippen molar-refractivity contribution in [2.75, 3.05) is 19.0 Å². The minimum Gasteiger partial charge on any atom is -0.497 e. The predicted molar refractivity (Wildman–Crippen MR) is 86.5 cm³/mol. The highest BCUT2D eigenvalue weighted by Gasteiger charge is 2.15. The largest absolute Gasteiger partial charge is 0.497 e. The van der Waals surface area contributed by atoms with Crippen LogP contribution in [0.3, 0.4) is 0 Å². The molecule has 6 nitrogen and oxygen atoms in total. The monoisotopic (exact) mass is 384 g/mol. The van der Waals surface area contributed by atoms with Gasteiger partial charge in [0.05, 0.1) is 18.4 Å². The molecule has 0 saturated carbocycles. The van der Waals surface area contributed by atoms with Gasteiger partial charge in [0.2, 0.25) is 0 Å². The average Bonchev–Trinajstić information content (AvgIpc) is 2.90. The van der Waals surface area contributed by atoms with E-state index in [1.54, 1.807) is 12.1 Å². The summed E-state index contributed by atoms with van der Waals surface area (Å²) in [5.74, 6) is -0.532. The third-order valence-corrected chi connectivity index (χ3v) is 4.16. The lowest BCUT2D eigenvalue weighted by Crippen LogP contribution is -2.21. The number of carbonyl (C=O) groups is 2. The van der Waals surface area contributed by atoms with Gasteiger partial charge in [-0.05, 0) is 41.1 Å². The second-order valence-electron chi connectivity index (χ2n) is 4.26. The zero-order valence-corrected chi connectivity index (χ0v) is 14.3. The zero-order valence-electron chi connectivity index (χ0n) is 11.9. The van der Waals surface area contributed by atoms with Crippen molar-refractivity contribution in [1.82, 2.24) is 4.98 Å². The second-order valence-corrected chi connectivity index (χ2v) is 5.98. The lowest BCUT2D eigenvalue weighted by atomic mass is 10.2. The fourth-order valence-corrected chi connectivity index (χ4v) is 2.68. The van der Waals surface area contributed by atoms with E-state index in [9.17, 15) is 9.59 Å². The van der Waals surface area contributed by atoms with Gasteiger partial charge in [-0.15, -0.1) is 11.3 Å². The molecule has 0 aliphatic rings. The Labute approximate surface area is 139 Å². The van der Waals surface area contributed by atoms with Gasteiger partial charge in [0.15, 0.2) is 11.7 Å². The molecular weight excluding hydrogens is 372 g/mol. The summed E-state index contributed by atoms with van der Waals surface area (Å²) in [6, 6.07) is 4.92. The molecule has 1 aromatic carbocycles. The highest BCUT2D eigenvalue weighted by Crippen LogP contribution is 2.23. The van der Waals surface area contributed by atoms with Crippen molar-refractivity contribution in [2.45, 2.75) is 6.92 Å². The first-order valence-electron chi connectivity index (χ1n) is 6.22. The van der Waals surface area contributed by atoms with Gasteiger partial charge < -0.3 is 9.47 Å². The van der Waals surface area contributed by atoms with Gasteiger partial charge >= 0.3 is 5.97 Å². The third-order valence-electron chi connectivity index (χ3n) is 2.59. The highest BCUT2D eigenvalue weighted by atomic mass is 79.9. The van der Waals surface area contributed by atoms with Gasteiger partial charge in [0.25, 0.3) is 5.91 Å². The van der Waals surface area contributed by atoms with Crippen molar-refractivity contribution < 1.29 is 19.1 Å². The van der Waals surface area contributed by atoms with Crippen LogP contribution in [-0.4, -0.2) is 30.6 Å². The molecule has 0 aliphatic carbocycles. The number of nitrogens with one attached hydrogen (secondary N) is 1. The topological polar surface area (TPSA) is 77.5 Å². The number of aryl methyl sites for hydroxylation is 1. The molecule has 0 spiro atoms. The summed E-state index contributed by atoms with van der Waals surface area (Å²) in [6.45, 7) is 1.44. The number of rotatable bonds is 5. The lowest BCUT2D eigenvalue weighted by molar-refractivity contribution is -0.119. The minimum absolute atomic E-state index is 0.289. The summed E-state index contributed by atoms with van der Waals surface area (Å²) in [6.07, 6.45) is 0. The van der Waals surface area contributed by atoms with Gasteiger partial charge in [-0.3, -0.25) is 10.1 Å². The van der Waals surface area contributed by atoms with Crippen LogP contribution in [0.1, 0.15) is 16.1 Å². The maximum absolute atomic E-state index is 12.0. The number of hydrogen-bond donors (Lipinski definition) is 1. The lowest BCUT2D eigenvalue weighted by Gasteiger charge is -2.08. The van der Waals surface area contributed by atoms with Crippen LogP contribution in [0.5, 0.6) is 5.75 Å². The van der Waals surface area contributed by atoms with Gasteiger partial charge in [-0.1, -0.05) is 0 Å². The molecule has 1 heterocycles. The maximum atomic E-state index is 12.0. The standard InChI is InChI=1S/C14H13BrN2O4S/c1-8-7-22-14(16-8)17-12(18)6-21-13(19)10-5-9(20-2)3-4-11(10)15/h3-5,7H,6H2,1-2H3,(H,16,17,18). The molecule has 0 unspecified atom stereocenters. The van der Waals surface area contributed by atoms with Crippen LogP contribution in [0.25, 0.3) is 0 Å². The molecule has 22 heavy (non-hydrogen) atoms. The van der Waals surface area contributed by atoms with Crippen molar-refractivity contribution in [3.63, 3.8) is 0 Å². The van der Waals surface area contributed by atoms with Crippen LogP contribution in [0.4, 0.5) is 5.13 Å². The number of hydrogen-bond acceptors (Lipinski definition) is 6. The van der Waals surface area contributed by atoms with Crippen molar-refractivity contribution in [3.05, 3.63) is 39.3 Å². The molecule has 0 saturated heterocycles. The summed E-state index contributed by atoms with van der Waals surface area (Å²) in [7, 11) is 1.50. The number of halogens is 1. The number of carbonyl (C=O) groups excluding carboxylic acids is 2. The first kappa shape index (κ1) is 16.4. The number of anilines is 1. The fourth-order valence-electron chi connectivity index (χ4n) is 1.56. The van der Waals surface area contributed by atoms with E-state index in [0.717, 1.165) is 5.69 Å². The summed E-state index contributed by atoms with van der Waals surface area (Å²) < 4.78 is 10.6. The molecule has 0 fully saturated rings. The molecule has 1 amide bonds. The van der Waals surface area contributed by atoms with E-state index in [-0.39, 0.29) is 12.2 Å². The van der Waals surface area contributed by atoms with E-state index >= 15 is 0 Å². The number of esters is 1. The first-order valence-corrected chi connectivity index (χ1v) is 7.89. The first-order chi connectivity index (χ1) is 10.5. The van der Waals surface area contributed by atoms with Crippen LogP contribution in [0.15, 0.2) is 28.1 Å². The van der Waals surface area contributed by atoms with Crippen LogP contribution in [-0.2, 0) is 9.53 Å². The molecule has 2 rings (SSSR count). The summed E-state index contributed by atoms with van der Waals surface area (Å²) in [4.78, 5) is 27.8. The van der Waals surface area contributed by atoms with Crippen LogP contribution in [0, 0.1) is 6.92 Å². The summed E-state index contributed by atoms with van der Waals surface area (Å²) in [5, 5.41) is 4.85. The van der Waals surface area contributed by atoms with Gasteiger partial charge in [-0.2, -0.15) is 0 Å². The van der Waals surface area contributed by atoms with E-state index in [1.807, 2.05) is 12.3 Å². The zero-order chi connectivity index (χ0) is 16.1. The normalized spacial score (nSPS) is 10.1. The van der Waals surface area contributed by atoms with E-state index in [0.29, 0.717) is 15.4 Å². The van der Waals surface area contributed by atoms with Gasteiger partial charge in [-0.25, -0.2) is 9.78 Å². The summed E-state index contributed by atoms with van der Waals surface area (Å²) in [5.41, 5.74) is 1.11. The summed E-state index contributed by atoms with van der Waals surface area (Å²) >= 11 is 4.57. The number of methoxy groups -OCH3 is 1. The van der Waals surface area contributed by atoms with E-state index in [4.69, 9.17) is 9.47 Å². The number of nitrogens with zero attached hydrogens (tertiary/aromatic N) is 1. The van der Waals surface area contributed by atoms with Crippen LogP contribution >= 0.6 is 27.3 Å². The van der Waals surface area contributed by atoms with Crippen molar-refractivity contribution in [2.24, 2.45) is 0 Å². The Morgan fingerprint density at radius 1 is 1.41 bits per heavy atom. The van der Waals surface area contributed by atoms with Gasteiger partial charge in [0.1, 0.15) is 5.75 Å². The van der Waals surface area contributed by atoms with Crippen molar-refractivity contribution in [3.8, 4) is 5.75 Å². The number of benzene rings is 1. The Balaban J connectivity index is 1.93. The van der Waals surface area contributed by atoms with Gasteiger partial charge in [0, 0.05) is 9.85 Å². The Hall–Kier alpha value is -1.93. The van der Waals surface area contributed by atoms with Crippen LogP contribution in [0.2, 0.25) is 0 Å². The van der Waals surface area contributed by atoms with Crippen LogP contribution < -0.4 is 10.1 Å². The fraction of sp³-hybridized carbons (Fsp3) is 0.214. The highest BCUT2D eigenvalue weighted by molar-refractivity contribution is 9.10. The number of ether oxygens (including phenoxy) is 2. The SMILES string of the molecule is COc1ccc(Br)c(C(=O)OCC(=O)Nc2nc(C)cs2)c1. The number of thiazole rings is 1. The molecular formula is C14H13BrN2O4S. The third kappa shape index (κ3) is 4.28. The van der Waals surface area contributed by atoms with Crippen molar-refractivity contribution in [1.29, 1.82) is 0 Å². The molecule has 0 radical (unpaired) electrons. The molecule has 2 aromatic rings. The molecule has 0 bridgehead atoms. The smallest absolute Gasteiger partial charge is 0.339 e. The molecule has 1 N–H and O–H groups in total. The Bertz CT molecular complexity index is 702. The van der Waals surface area contributed by atoms with Crippen molar-refractivity contribution >= 4 is 44.3 Å².